The number of benzene rings is 8. The molecule has 0 unspecified atom stereocenters. The van der Waals surface area contributed by atoms with Crippen LogP contribution in [0, 0.1) is 6.07 Å². The van der Waals surface area contributed by atoms with Gasteiger partial charge >= 0.3 is 24.8 Å². The molecule has 0 aromatic heterocycles. The monoisotopic (exact) mass is 744 g/mol. The van der Waals surface area contributed by atoms with Gasteiger partial charge in [-0.2, -0.15) is 24.3 Å². The summed E-state index contributed by atoms with van der Waals surface area (Å²) in [6.07, 6.45) is 0. The molecule has 0 aliphatic rings. The molecular weight excluding hydrogens is 709 g/mol. The standard InChI is InChI=1S/2C18H15P.C10H7.ClH.Ni/c2*1-4-10-16(11-5-1)19(17-12-6-2-7-13-17)18-14-8-3-9-15-18;1-2-6-10-8-4-3-7-9(10)5-1;;/h2*1-15H;1-3,5-8H;1H;/q;;-1;;+1/p-1. The summed E-state index contributed by atoms with van der Waals surface area (Å²) in [5.41, 5.74) is 0. The second-order valence-electron chi connectivity index (χ2n) is 11.0. The Morgan fingerprint density at radius 2 is 0.540 bits per heavy atom. The van der Waals surface area contributed by atoms with Crippen molar-refractivity contribution in [2.45, 2.75) is 0 Å². The Kier molecular flexibility index (Phi) is 15.5. The molecule has 249 valence electrons. The first-order chi connectivity index (χ1) is 24.9. The van der Waals surface area contributed by atoms with Crippen LogP contribution in [0.3, 0.4) is 0 Å². The van der Waals surface area contributed by atoms with Gasteiger partial charge in [-0.15, -0.1) is 16.8 Å². The fourth-order valence-corrected chi connectivity index (χ4v) is 10.0. The minimum Gasteiger partial charge on any atom is -0.183 e. The van der Waals surface area contributed by atoms with Crippen LogP contribution in [-0.4, -0.2) is 0 Å². The number of hydrogen-bond acceptors (Lipinski definition) is 0. The van der Waals surface area contributed by atoms with Crippen LogP contribution in [0.15, 0.2) is 224 Å². The third kappa shape index (κ3) is 10.8. The smallest absolute Gasteiger partial charge is 0.0134 e. The van der Waals surface area contributed by atoms with Crippen molar-refractivity contribution in [2.75, 3.05) is 0 Å². The molecule has 50 heavy (non-hydrogen) atoms. The summed E-state index contributed by atoms with van der Waals surface area (Å²) >= 11 is 3.35. The van der Waals surface area contributed by atoms with Gasteiger partial charge < -0.3 is 0 Å². The van der Waals surface area contributed by atoms with Crippen molar-refractivity contribution >= 4 is 68.6 Å². The van der Waals surface area contributed by atoms with Gasteiger partial charge in [-0.25, -0.2) is 0 Å². The predicted molar refractivity (Wildman–Crippen MR) is 219 cm³/mol. The van der Waals surface area contributed by atoms with Crippen molar-refractivity contribution in [3.63, 3.8) is 0 Å². The maximum absolute atomic E-state index is 4.26. The average molecular weight is 746 g/mol. The van der Waals surface area contributed by atoms with Gasteiger partial charge in [0, 0.05) is 0 Å². The molecule has 0 saturated heterocycles. The van der Waals surface area contributed by atoms with Gasteiger partial charge in [0.2, 0.25) is 0 Å². The molecule has 0 bridgehead atoms. The van der Waals surface area contributed by atoms with Crippen molar-refractivity contribution in [3.05, 3.63) is 231 Å². The van der Waals surface area contributed by atoms with Crippen LogP contribution >= 0.6 is 26.0 Å². The Balaban J connectivity index is 0.000000149. The van der Waals surface area contributed by atoms with Gasteiger partial charge in [0.25, 0.3) is 0 Å². The van der Waals surface area contributed by atoms with E-state index in [0.29, 0.717) is 0 Å². The third-order valence-corrected chi connectivity index (χ3v) is 12.6. The zero-order valence-electron chi connectivity index (χ0n) is 27.5. The van der Waals surface area contributed by atoms with Gasteiger partial charge in [0.15, 0.2) is 0 Å². The van der Waals surface area contributed by atoms with Gasteiger partial charge in [0.1, 0.15) is 0 Å². The summed E-state index contributed by atoms with van der Waals surface area (Å²) in [5.74, 6) is 0. The second-order valence-corrected chi connectivity index (χ2v) is 15.4. The molecule has 8 rings (SSSR count). The largest absolute Gasteiger partial charge is 0.183 e. The van der Waals surface area contributed by atoms with Gasteiger partial charge in [-0.3, -0.25) is 0 Å². The zero-order valence-corrected chi connectivity index (χ0v) is 31.0. The maximum Gasteiger partial charge on any atom is -0.0134 e. The van der Waals surface area contributed by atoms with Crippen LogP contribution in [0.5, 0.6) is 0 Å². The number of fused-ring (bicyclic) bond motifs is 1. The molecule has 0 aliphatic heterocycles. The van der Waals surface area contributed by atoms with Crippen LogP contribution in [0.25, 0.3) is 10.8 Å². The van der Waals surface area contributed by atoms with E-state index in [0.717, 1.165) is 0 Å². The van der Waals surface area contributed by atoms with E-state index in [1.165, 1.54) is 42.6 Å². The molecule has 8 aromatic rings. The molecule has 0 nitrogen and oxygen atoms in total. The van der Waals surface area contributed by atoms with Gasteiger partial charge in [-0.05, 0) is 47.7 Å². The average Bonchev–Trinajstić information content (AvgIpc) is 3.22. The minimum absolute atomic E-state index is 0.446. The fraction of sp³-hybridized carbons (Fsp3) is 0. The van der Waals surface area contributed by atoms with E-state index in [-0.39, 0.29) is 0 Å². The summed E-state index contributed by atoms with van der Waals surface area (Å²) in [7, 11) is 3.37. The number of rotatable bonds is 6. The van der Waals surface area contributed by atoms with Crippen LogP contribution in [-0.2, 0) is 14.6 Å². The third-order valence-electron chi connectivity index (χ3n) is 7.68. The minimum atomic E-state index is -0.446. The van der Waals surface area contributed by atoms with Gasteiger partial charge in [-0.1, -0.05) is 200 Å². The summed E-state index contributed by atoms with van der Waals surface area (Å²) in [4.78, 5) is 0. The van der Waals surface area contributed by atoms with Crippen LogP contribution < -0.4 is 31.8 Å². The maximum atomic E-state index is 4.26. The first-order valence-corrected chi connectivity index (χ1v) is 20.3. The van der Waals surface area contributed by atoms with Gasteiger partial charge in [0.05, 0.1) is 0 Å². The summed E-state index contributed by atoms with van der Waals surface area (Å²) in [6.45, 7) is 0. The van der Waals surface area contributed by atoms with Crippen LogP contribution in [0.2, 0.25) is 0 Å². The second kappa shape index (κ2) is 21.0. The Hall–Kier alpha value is -4.34. The van der Waals surface area contributed by atoms with Crippen molar-refractivity contribution in [3.8, 4) is 0 Å². The molecule has 0 atom stereocenters. The van der Waals surface area contributed by atoms with Crippen molar-refractivity contribution in [1.29, 1.82) is 0 Å². The van der Waals surface area contributed by atoms with E-state index in [2.05, 4.69) is 231 Å². The Morgan fingerprint density at radius 1 is 0.300 bits per heavy atom. The Bertz CT molecular complexity index is 1690. The van der Waals surface area contributed by atoms with Crippen molar-refractivity contribution < 1.29 is 14.6 Å². The molecule has 0 saturated carbocycles. The molecule has 0 fully saturated rings. The number of halogens is 1. The van der Waals surface area contributed by atoms with Crippen LogP contribution in [0.4, 0.5) is 0 Å². The molecule has 0 aliphatic carbocycles. The van der Waals surface area contributed by atoms with Crippen molar-refractivity contribution in [1.82, 2.24) is 0 Å². The molecular formula is C46H37ClNiP2-. The van der Waals surface area contributed by atoms with E-state index in [4.69, 9.17) is 0 Å². The predicted octanol–water partition coefficient (Wildman–Crippen LogP) is 10.2. The van der Waals surface area contributed by atoms with E-state index in [1.54, 1.807) is 0 Å². The normalized spacial score (nSPS) is 10.2. The zero-order chi connectivity index (χ0) is 34.6. The van der Waals surface area contributed by atoms with E-state index in [9.17, 15) is 0 Å². The van der Waals surface area contributed by atoms with E-state index >= 15 is 0 Å². The summed E-state index contributed by atoms with van der Waals surface area (Å²) in [6, 6.07) is 82.0. The molecule has 0 amide bonds. The van der Waals surface area contributed by atoms with E-state index < -0.39 is 15.8 Å². The van der Waals surface area contributed by atoms with Crippen molar-refractivity contribution in [2.24, 2.45) is 0 Å². The topological polar surface area (TPSA) is 0 Å². The molecule has 8 aromatic carbocycles. The Labute approximate surface area is 312 Å². The molecule has 4 heteroatoms. The SMILES string of the molecule is [Cl][Ni].[c-]1ccc2ccccc2c1.c1ccc(P(c2ccccc2)c2ccccc2)cc1.c1ccc(P(c2ccccc2)c2ccccc2)cc1. The van der Waals surface area contributed by atoms with Crippen LogP contribution in [0.1, 0.15) is 0 Å². The fourth-order valence-electron chi connectivity index (χ4n) is 5.43. The Morgan fingerprint density at radius 3 is 0.800 bits per heavy atom. The van der Waals surface area contributed by atoms with E-state index in [1.807, 2.05) is 24.3 Å². The first-order valence-electron chi connectivity index (χ1n) is 16.2. The summed E-state index contributed by atoms with van der Waals surface area (Å²) < 4.78 is 0. The summed E-state index contributed by atoms with van der Waals surface area (Å²) in [5, 5.41) is 10.9. The quantitative estimate of drug-likeness (QED) is 0.0904. The molecule has 0 heterocycles. The molecule has 0 radical (unpaired) electrons. The molecule has 0 N–H and O–H groups in total. The number of hydrogen-bond donors (Lipinski definition) is 0. The molecule has 0 spiro atoms. The first kappa shape index (κ1) is 36.9.